The number of anilines is 2. The highest BCUT2D eigenvalue weighted by Crippen LogP contribution is 2.31. The second-order valence-electron chi connectivity index (χ2n) is 7.51. The molecular formula is C23H27N3O3. The number of amides is 1. The third-order valence-corrected chi connectivity index (χ3v) is 5.82. The normalized spacial score (nSPS) is 17.3. The van der Waals surface area contributed by atoms with E-state index in [1.165, 1.54) is 17.9 Å². The molecule has 6 heteroatoms. The molecule has 0 spiro atoms. The third kappa shape index (κ3) is 4.18. The zero-order chi connectivity index (χ0) is 20.2. The van der Waals surface area contributed by atoms with Crippen LogP contribution in [0.15, 0.2) is 48.5 Å². The van der Waals surface area contributed by atoms with E-state index in [9.17, 15) is 9.59 Å². The monoisotopic (exact) mass is 393 g/mol. The topological polar surface area (TPSA) is 53.1 Å². The van der Waals surface area contributed by atoms with Crippen LogP contribution in [0, 0.1) is 0 Å². The maximum Gasteiger partial charge on any atom is 0.251 e. The van der Waals surface area contributed by atoms with Crippen molar-refractivity contribution in [3.05, 3.63) is 59.7 Å². The van der Waals surface area contributed by atoms with Crippen molar-refractivity contribution in [2.45, 2.75) is 19.3 Å². The van der Waals surface area contributed by atoms with Gasteiger partial charge in [0.25, 0.3) is 5.91 Å². The SMILES string of the molecule is CON1C(=O)CCc2c(C(=O)CCN3CCN(c4ccccc4)CC3)cccc21. The van der Waals surface area contributed by atoms with E-state index in [0.29, 0.717) is 24.9 Å². The van der Waals surface area contributed by atoms with Crippen LogP contribution >= 0.6 is 0 Å². The average Bonchev–Trinajstić information content (AvgIpc) is 2.78. The van der Waals surface area contributed by atoms with Crippen LogP contribution in [0.3, 0.4) is 0 Å². The first-order valence-electron chi connectivity index (χ1n) is 10.2. The fraction of sp³-hybridized carbons (Fsp3) is 0.391. The Balaban J connectivity index is 1.35. The van der Waals surface area contributed by atoms with Gasteiger partial charge < -0.3 is 4.90 Å². The van der Waals surface area contributed by atoms with Crippen molar-refractivity contribution >= 4 is 23.1 Å². The molecule has 2 aliphatic heterocycles. The summed E-state index contributed by atoms with van der Waals surface area (Å²) in [5.74, 6) is 0.0682. The van der Waals surface area contributed by atoms with Gasteiger partial charge >= 0.3 is 0 Å². The molecule has 2 aliphatic rings. The number of carbonyl (C=O) groups excluding carboxylic acids is 2. The summed E-state index contributed by atoms with van der Waals surface area (Å²) in [5, 5.41) is 1.30. The molecular weight excluding hydrogens is 366 g/mol. The molecule has 4 rings (SSSR count). The van der Waals surface area contributed by atoms with Crippen molar-refractivity contribution in [2.75, 3.05) is 49.8 Å². The molecule has 6 nitrogen and oxygen atoms in total. The minimum absolute atomic E-state index is 0.0686. The van der Waals surface area contributed by atoms with E-state index in [0.717, 1.165) is 43.9 Å². The van der Waals surface area contributed by atoms with Gasteiger partial charge in [-0.2, -0.15) is 5.06 Å². The van der Waals surface area contributed by atoms with E-state index in [1.807, 2.05) is 24.3 Å². The van der Waals surface area contributed by atoms with Crippen LogP contribution in [0.25, 0.3) is 0 Å². The standard InChI is InChI=1S/C23H27N3O3/c1-29-26-21-9-5-8-20(19(21)10-11-23(26)28)22(27)12-13-24-14-16-25(17-15-24)18-6-3-2-4-7-18/h2-9H,10-17H2,1H3. The molecule has 0 radical (unpaired) electrons. The Kier molecular flexibility index (Phi) is 5.92. The number of hydrogen-bond acceptors (Lipinski definition) is 5. The lowest BCUT2D eigenvalue weighted by Crippen LogP contribution is -2.46. The van der Waals surface area contributed by atoms with Crippen LogP contribution in [0.2, 0.25) is 0 Å². The minimum atomic E-state index is -0.0686. The Morgan fingerprint density at radius 2 is 1.72 bits per heavy atom. The summed E-state index contributed by atoms with van der Waals surface area (Å²) in [6.07, 6.45) is 1.45. The van der Waals surface area contributed by atoms with Gasteiger partial charge in [0.2, 0.25) is 0 Å². The van der Waals surface area contributed by atoms with Gasteiger partial charge in [-0.05, 0) is 30.2 Å². The Morgan fingerprint density at radius 1 is 0.966 bits per heavy atom. The van der Waals surface area contributed by atoms with Crippen LogP contribution < -0.4 is 9.96 Å². The van der Waals surface area contributed by atoms with E-state index in [1.54, 1.807) is 0 Å². The molecule has 2 aromatic carbocycles. The second-order valence-corrected chi connectivity index (χ2v) is 7.51. The fourth-order valence-corrected chi connectivity index (χ4v) is 4.22. The van der Waals surface area contributed by atoms with Crippen LogP contribution in [0.5, 0.6) is 0 Å². The van der Waals surface area contributed by atoms with Gasteiger partial charge in [0.1, 0.15) is 0 Å². The zero-order valence-corrected chi connectivity index (χ0v) is 16.8. The summed E-state index contributed by atoms with van der Waals surface area (Å²) in [5.41, 5.74) is 3.61. The number of para-hydroxylation sites is 1. The molecule has 0 aromatic heterocycles. The Morgan fingerprint density at radius 3 is 2.45 bits per heavy atom. The molecule has 1 amide bonds. The lowest BCUT2D eigenvalue weighted by Gasteiger charge is -2.36. The molecule has 0 saturated carbocycles. The summed E-state index contributed by atoms with van der Waals surface area (Å²) >= 11 is 0. The molecule has 0 bridgehead atoms. The van der Waals surface area contributed by atoms with Gasteiger partial charge in [0.15, 0.2) is 5.78 Å². The highest BCUT2D eigenvalue weighted by Gasteiger charge is 2.28. The number of ketones is 1. The average molecular weight is 393 g/mol. The number of fused-ring (bicyclic) bond motifs is 1. The highest BCUT2D eigenvalue weighted by atomic mass is 16.7. The largest absolute Gasteiger partial charge is 0.369 e. The van der Waals surface area contributed by atoms with Crippen molar-refractivity contribution in [1.82, 2.24) is 4.90 Å². The van der Waals surface area contributed by atoms with Gasteiger partial charge in [0, 0.05) is 56.8 Å². The molecule has 29 heavy (non-hydrogen) atoms. The maximum absolute atomic E-state index is 12.9. The molecule has 2 aromatic rings. The first-order chi connectivity index (χ1) is 14.2. The van der Waals surface area contributed by atoms with Crippen molar-refractivity contribution in [1.29, 1.82) is 0 Å². The number of hydroxylamine groups is 1. The molecule has 1 saturated heterocycles. The molecule has 1 fully saturated rings. The Bertz CT molecular complexity index is 876. The lowest BCUT2D eigenvalue weighted by atomic mass is 9.93. The Hall–Kier alpha value is -2.70. The van der Waals surface area contributed by atoms with E-state index < -0.39 is 0 Å². The number of piperazine rings is 1. The van der Waals surface area contributed by atoms with Gasteiger partial charge in [-0.15, -0.1) is 0 Å². The number of benzene rings is 2. The number of Topliss-reactive ketones (excluding diaryl/α,β-unsaturated/α-hetero) is 1. The summed E-state index contributed by atoms with van der Waals surface area (Å²) in [7, 11) is 1.48. The molecule has 0 unspecified atom stereocenters. The van der Waals surface area contributed by atoms with Crippen molar-refractivity contribution < 1.29 is 14.4 Å². The van der Waals surface area contributed by atoms with Gasteiger partial charge in [0.05, 0.1) is 12.8 Å². The molecule has 0 N–H and O–H groups in total. The van der Waals surface area contributed by atoms with E-state index >= 15 is 0 Å². The first kappa shape index (κ1) is 19.6. The maximum atomic E-state index is 12.9. The predicted octanol–water partition coefficient (Wildman–Crippen LogP) is 2.92. The molecule has 0 aliphatic carbocycles. The lowest BCUT2D eigenvalue weighted by molar-refractivity contribution is -0.125. The second kappa shape index (κ2) is 8.76. The smallest absolute Gasteiger partial charge is 0.251 e. The molecule has 2 heterocycles. The van der Waals surface area contributed by atoms with Crippen LogP contribution in [-0.2, 0) is 16.1 Å². The van der Waals surface area contributed by atoms with Crippen molar-refractivity contribution in [3.63, 3.8) is 0 Å². The van der Waals surface area contributed by atoms with Crippen LogP contribution in [0.4, 0.5) is 11.4 Å². The third-order valence-electron chi connectivity index (χ3n) is 5.82. The quantitative estimate of drug-likeness (QED) is 0.707. The van der Waals surface area contributed by atoms with Gasteiger partial charge in [-0.25, -0.2) is 0 Å². The summed E-state index contributed by atoms with van der Waals surface area (Å²) < 4.78 is 0. The van der Waals surface area contributed by atoms with Gasteiger partial charge in [-0.3, -0.25) is 19.3 Å². The number of nitrogens with zero attached hydrogens (tertiary/aromatic N) is 3. The Labute approximate surface area is 171 Å². The summed E-state index contributed by atoms with van der Waals surface area (Å²) in [6, 6.07) is 16.0. The van der Waals surface area contributed by atoms with E-state index in [2.05, 4.69) is 34.1 Å². The predicted molar refractivity (Wildman–Crippen MR) is 113 cm³/mol. The first-order valence-corrected chi connectivity index (χ1v) is 10.2. The minimum Gasteiger partial charge on any atom is -0.369 e. The number of carbonyl (C=O) groups is 2. The molecule has 152 valence electrons. The van der Waals surface area contributed by atoms with Crippen LogP contribution in [0.1, 0.15) is 28.8 Å². The fourth-order valence-electron chi connectivity index (χ4n) is 4.22. The van der Waals surface area contributed by atoms with E-state index in [4.69, 9.17) is 4.84 Å². The van der Waals surface area contributed by atoms with Crippen molar-refractivity contribution in [2.24, 2.45) is 0 Å². The summed E-state index contributed by atoms with van der Waals surface area (Å²) in [4.78, 5) is 35.0. The zero-order valence-electron chi connectivity index (χ0n) is 16.8. The summed E-state index contributed by atoms with van der Waals surface area (Å²) in [6.45, 7) is 4.63. The number of hydrogen-bond donors (Lipinski definition) is 0. The van der Waals surface area contributed by atoms with Gasteiger partial charge in [-0.1, -0.05) is 30.3 Å². The molecule has 0 atom stereocenters. The van der Waals surface area contributed by atoms with Crippen molar-refractivity contribution in [3.8, 4) is 0 Å². The number of rotatable bonds is 6. The van der Waals surface area contributed by atoms with Crippen LogP contribution in [-0.4, -0.2) is 56.4 Å². The highest BCUT2D eigenvalue weighted by molar-refractivity contribution is 6.02. The van der Waals surface area contributed by atoms with E-state index in [-0.39, 0.29) is 11.7 Å².